The van der Waals surface area contributed by atoms with Crippen molar-refractivity contribution in [2.24, 2.45) is 0 Å². The second-order valence-corrected chi connectivity index (χ2v) is 4.83. The molecule has 0 atom stereocenters. The summed E-state index contributed by atoms with van der Waals surface area (Å²) >= 11 is 11.7. The maximum atomic E-state index is 12.1. The van der Waals surface area contributed by atoms with Crippen molar-refractivity contribution in [1.82, 2.24) is 0 Å². The highest BCUT2D eigenvalue weighted by atomic mass is 35.5. The zero-order chi connectivity index (χ0) is 14.0. The van der Waals surface area contributed by atoms with E-state index < -0.39 is 0 Å². The SMILES string of the molecule is Nc1ccc(C(=O)Nc2cc(Cl)cc(Cl)c2)c(N)c1. The minimum atomic E-state index is -0.351. The second kappa shape index (κ2) is 5.38. The monoisotopic (exact) mass is 295 g/mol. The number of carbonyl (C=O) groups is 1. The van der Waals surface area contributed by atoms with Crippen LogP contribution in [-0.4, -0.2) is 5.91 Å². The average molecular weight is 296 g/mol. The molecule has 0 radical (unpaired) electrons. The van der Waals surface area contributed by atoms with Crippen molar-refractivity contribution < 1.29 is 4.79 Å². The zero-order valence-corrected chi connectivity index (χ0v) is 11.3. The number of hydrogen-bond donors (Lipinski definition) is 3. The summed E-state index contributed by atoms with van der Waals surface area (Å²) in [6.07, 6.45) is 0. The summed E-state index contributed by atoms with van der Waals surface area (Å²) < 4.78 is 0. The van der Waals surface area contributed by atoms with E-state index in [9.17, 15) is 4.79 Å². The van der Waals surface area contributed by atoms with Gasteiger partial charge in [-0.15, -0.1) is 0 Å². The van der Waals surface area contributed by atoms with Gasteiger partial charge >= 0.3 is 0 Å². The third-order valence-electron chi connectivity index (χ3n) is 2.44. The number of rotatable bonds is 2. The van der Waals surface area contributed by atoms with E-state index >= 15 is 0 Å². The van der Waals surface area contributed by atoms with Crippen LogP contribution < -0.4 is 16.8 Å². The molecule has 0 aliphatic carbocycles. The number of carbonyl (C=O) groups excluding carboxylic acids is 1. The molecule has 19 heavy (non-hydrogen) atoms. The zero-order valence-electron chi connectivity index (χ0n) is 9.78. The molecular weight excluding hydrogens is 285 g/mol. The van der Waals surface area contributed by atoms with Gasteiger partial charge in [0.05, 0.1) is 5.56 Å². The Morgan fingerprint density at radius 2 is 1.63 bits per heavy atom. The van der Waals surface area contributed by atoms with Crippen LogP contribution in [0.15, 0.2) is 36.4 Å². The molecule has 1 amide bonds. The summed E-state index contributed by atoms with van der Waals surface area (Å²) in [4.78, 5) is 12.1. The lowest BCUT2D eigenvalue weighted by Crippen LogP contribution is -2.14. The van der Waals surface area contributed by atoms with Gasteiger partial charge in [-0.2, -0.15) is 0 Å². The summed E-state index contributed by atoms with van der Waals surface area (Å²) in [7, 11) is 0. The molecule has 4 nitrogen and oxygen atoms in total. The molecule has 0 bridgehead atoms. The van der Waals surface area contributed by atoms with Gasteiger partial charge in [-0.3, -0.25) is 4.79 Å². The number of nitrogens with two attached hydrogens (primary N) is 2. The van der Waals surface area contributed by atoms with E-state index in [2.05, 4.69) is 5.32 Å². The highest BCUT2D eigenvalue weighted by molar-refractivity contribution is 6.35. The van der Waals surface area contributed by atoms with Crippen molar-refractivity contribution >= 4 is 46.2 Å². The molecule has 0 saturated carbocycles. The van der Waals surface area contributed by atoms with Crippen LogP contribution >= 0.6 is 23.2 Å². The van der Waals surface area contributed by atoms with Crippen molar-refractivity contribution in [1.29, 1.82) is 0 Å². The fraction of sp³-hybridized carbons (Fsp3) is 0. The minimum Gasteiger partial charge on any atom is -0.399 e. The van der Waals surface area contributed by atoms with Gasteiger partial charge in [0.1, 0.15) is 0 Å². The maximum Gasteiger partial charge on any atom is 0.257 e. The van der Waals surface area contributed by atoms with E-state index in [-0.39, 0.29) is 5.91 Å². The fourth-order valence-electron chi connectivity index (χ4n) is 1.61. The third-order valence-corrected chi connectivity index (χ3v) is 2.88. The van der Waals surface area contributed by atoms with Gasteiger partial charge in [-0.1, -0.05) is 23.2 Å². The molecule has 0 heterocycles. The molecule has 0 aromatic heterocycles. The molecule has 2 aromatic rings. The highest BCUT2D eigenvalue weighted by Crippen LogP contribution is 2.24. The van der Waals surface area contributed by atoms with Gasteiger partial charge in [0.25, 0.3) is 5.91 Å². The predicted octanol–water partition coefficient (Wildman–Crippen LogP) is 3.41. The minimum absolute atomic E-state index is 0.311. The van der Waals surface area contributed by atoms with E-state index in [0.717, 1.165) is 0 Å². The van der Waals surface area contributed by atoms with Crippen LogP contribution in [0.25, 0.3) is 0 Å². The summed E-state index contributed by atoms with van der Waals surface area (Å²) in [6, 6.07) is 9.47. The first-order chi connectivity index (χ1) is 8.95. The Bertz CT molecular complexity index is 624. The Balaban J connectivity index is 2.25. The van der Waals surface area contributed by atoms with Crippen LogP contribution in [0.4, 0.5) is 17.1 Å². The number of anilines is 3. The van der Waals surface area contributed by atoms with E-state index in [0.29, 0.717) is 32.7 Å². The number of amides is 1. The third kappa shape index (κ3) is 3.30. The molecule has 0 aliphatic rings. The van der Waals surface area contributed by atoms with Crippen molar-refractivity contribution in [3.8, 4) is 0 Å². The first kappa shape index (κ1) is 13.5. The lowest BCUT2D eigenvalue weighted by molar-refractivity contribution is 0.102. The standard InChI is InChI=1S/C13H11Cl2N3O/c14-7-3-8(15)5-10(4-7)18-13(19)11-2-1-9(16)6-12(11)17/h1-6H,16-17H2,(H,18,19). The largest absolute Gasteiger partial charge is 0.399 e. The molecule has 98 valence electrons. The van der Waals surface area contributed by atoms with Crippen LogP contribution in [0, 0.1) is 0 Å². The van der Waals surface area contributed by atoms with E-state index in [1.54, 1.807) is 30.3 Å². The number of hydrogen-bond acceptors (Lipinski definition) is 3. The van der Waals surface area contributed by atoms with Gasteiger partial charge in [-0.25, -0.2) is 0 Å². The predicted molar refractivity (Wildman–Crippen MR) is 79.7 cm³/mol. The number of benzene rings is 2. The Kier molecular flexibility index (Phi) is 3.83. The van der Waals surface area contributed by atoms with Crippen molar-refractivity contribution in [3.63, 3.8) is 0 Å². The molecular formula is C13H11Cl2N3O. The van der Waals surface area contributed by atoms with Crippen LogP contribution in [0.1, 0.15) is 10.4 Å². The summed E-state index contributed by atoms with van der Waals surface area (Å²) in [5.41, 5.74) is 13.0. The molecule has 0 spiro atoms. The van der Waals surface area contributed by atoms with Gasteiger partial charge in [0, 0.05) is 27.1 Å². The Morgan fingerprint density at radius 1 is 1.00 bits per heavy atom. The maximum absolute atomic E-state index is 12.1. The molecule has 0 aliphatic heterocycles. The highest BCUT2D eigenvalue weighted by Gasteiger charge is 2.10. The van der Waals surface area contributed by atoms with Crippen LogP contribution in [0.2, 0.25) is 10.0 Å². The average Bonchev–Trinajstić information content (AvgIpc) is 2.26. The molecule has 0 fully saturated rings. The first-order valence-corrected chi connectivity index (χ1v) is 6.14. The van der Waals surface area contributed by atoms with Crippen LogP contribution in [0.3, 0.4) is 0 Å². The lowest BCUT2D eigenvalue weighted by atomic mass is 10.1. The summed E-state index contributed by atoms with van der Waals surface area (Å²) in [6.45, 7) is 0. The van der Waals surface area contributed by atoms with E-state index in [1.807, 2.05) is 0 Å². The lowest BCUT2D eigenvalue weighted by Gasteiger charge is -2.09. The van der Waals surface area contributed by atoms with Gasteiger partial charge < -0.3 is 16.8 Å². The van der Waals surface area contributed by atoms with Crippen LogP contribution in [-0.2, 0) is 0 Å². The fourth-order valence-corrected chi connectivity index (χ4v) is 2.14. The number of nitrogens with one attached hydrogen (secondary N) is 1. The molecule has 2 rings (SSSR count). The summed E-state index contributed by atoms with van der Waals surface area (Å²) in [5.74, 6) is -0.351. The first-order valence-electron chi connectivity index (χ1n) is 5.38. The van der Waals surface area contributed by atoms with Crippen LogP contribution in [0.5, 0.6) is 0 Å². The number of halogens is 2. The topological polar surface area (TPSA) is 81.1 Å². The van der Waals surface area contributed by atoms with Gasteiger partial charge in [0.2, 0.25) is 0 Å². The quantitative estimate of drug-likeness (QED) is 0.743. The normalized spacial score (nSPS) is 10.2. The molecule has 0 unspecified atom stereocenters. The Labute approximate surface area is 120 Å². The van der Waals surface area contributed by atoms with Crippen molar-refractivity contribution in [2.45, 2.75) is 0 Å². The van der Waals surface area contributed by atoms with Crippen molar-refractivity contribution in [3.05, 3.63) is 52.0 Å². The Hall–Kier alpha value is -1.91. The van der Waals surface area contributed by atoms with E-state index in [1.165, 1.54) is 6.07 Å². The van der Waals surface area contributed by atoms with Gasteiger partial charge in [-0.05, 0) is 36.4 Å². The molecule has 5 N–H and O–H groups in total. The summed E-state index contributed by atoms with van der Waals surface area (Å²) in [5, 5.41) is 3.55. The van der Waals surface area contributed by atoms with Crippen molar-refractivity contribution in [2.75, 3.05) is 16.8 Å². The molecule has 2 aromatic carbocycles. The van der Waals surface area contributed by atoms with Gasteiger partial charge in [0.15, 0.2) is 0 Å². The molecule has 0 saturated heterocycles. The second-order valence-electron chi connectivity index (χ2n) is 3.96. The smallest absolute Gasteiger partial charge is 0.257 e. The van der Waals surface area contributed by atoms with E-state index in [4.69, 9.17) is 34.7 Å². The number of nitrogen functional groups attached to an aromatic ring is 2. The Morgan fingerprint density at radius 3 is 2.21 bits per heavy atom. The molecule has 6 heteroatoms.